The number of hydrogen-bond donors (Lipinski definition) is 1. The monoisotopic (exact) mass is 398 g/mol. The zero-order valence-electron chi connectivity index (χ0n) is 14.4. The minimum atomic E-state index is -4.56. The van der Waals surface area contributed by atoms with Gasteiger partial charge >= 0.3 is 6.18 Å². The Bertz CT molecular complexity index is 1080. The van der Waals surface area contributed by atoms with E-state index in [1.807, 2.05) is 0 Å². The van der Waals surface area contributed by atoms with Crippen LogP contribution in [0.4, 0.5) is 18.9 Å². The van der Waals surface area contributed by atoms with Crippen molar-refractivity contribution < 1.29 is 22.9 Å². The maximum absolute atomic E-state index is 13.3. The van der Waals surface area contributed by atoms with Gasteiger partial charge in [0.1, 0.15) is 11.0 Å². The molecule has 0 radical (unpaired) electrons. The molecule has 27 heavy (non-hydrogen) atoms. The van der Waals surface area contributed by atoms with Gasteiger partial charge < -0.3 is 14.8 Å². The Hall–Kier alpha value is -2.65. The van der Waals surface area contributed by atoms with Crippen molar-refractivity contribution in [3.63, 3.8) is 0 Å². The van der Waals surface area contributed by atoms with Gasteiger partial charge in [-0.1, -0.05) is 18.2 Å². The zero-order valence-corrected chi connectivity index (χ0v) is 15.2. The normalized spacial score (nSPS) is 12.5. The largest absolute Gasteiger partial charge is 0.416 e. The molecule has 5 nitrogen and oxygen atoms in total. The summed E-state index contributed by atoms with van der Waals surface area (Å²) in [4.78, 5) is 12.3. The second kappa shape index (κ2) is 7.53. The van der Waals surface area contributed by atoms with Gasteiger partial charge in [0, 0.05) is 36.1 Å². The summed E-state index contributed by atoms with van der Waals surface area (Å²) in [5.41, 5.74) is -0.239. The van der Waals surface area contributed by atoms with Crippen LogP contribution in [0.2, 0.25) is 0 Å². The molecule has 1 aromatic heterocycles. The summed E-state index contributed by atoms with van der Waals surface area (Å²) in [6.45, 7) is 0. The van der Waals surface area contributed by atoms with Crippen molar-refractivity contribution in [2.24, 2.45) is 7.05 Å². The van der Waals surface area contributed by atoms with E-state index in [4.69, 9.17) is 0 Å². The first kappa shape index (κ1) is 20.7. The second-order valence-electron chi connectivity index (χ2n) is 5.86. The quantitative estimate of drug-likeness (QED) is 0.735. The first-order valence-corrected chi connectivity index (χ1v) is 9.14. The highest BCUT2D eigenvalue weighted by Gasteiger charge is 2.31. The smallest absolute Gasteiger partial charge is 0.412 e. The van der Waals surface area contributed by atoms with Gasteiger partial charge in [-0.05, 0) is 35.2 Å². The maximum atomic E-state index is 13.3. The third kappa shape index (κ3) is 4.20. The van der Waals surface area contributed by atoms with Gasteiger partial charge in [-0.25, -0.2) is 4.21 Å². The molecular formula is C18H17F3N2O3S. The standard InChI is InChI=1S/C18H15F3N2O2S.H2O/c1-23-10-16(14-5-3-4-6-15(14)17(23)24)11-7-12(18(19,20)21)9-13(8-11)22-26(2)25;/h3-10,22H,1-2H3;1H2. The van der Waals surface area contributed by atoms with E-state index < -0.39 is 22.7 Å². The van der Waals surface area contributed by atoms with Crippen LogP contribution in [0, 0.1) is 0 Å². The minimum absolute atomic E-state index is 0. The van der Waals surface area contributed by atoms with Crippen LogP contribution in [0.1, 0.15) is 5.56 Å². The van der Waals surface area contributed by atoms with Crippen molar-refractivity contribution in [2.45, 2.75) is 6.18 Å². The molecule has 0 aliphatic rings. The fourth-order valence-corrected chi connectivity index (χ4v) is 3.27. The molecule has 144 valence electrons. The topological polar surface area (TPSA) is 82.6 Å². The Labute approximate surface area is 155 Å². The molecule has 0 saturated carbocycles. The van der Waals surface area contributed by atoms with Crippen molar-refractivity contribution in [1.82, 2.24) is 4.57 Å². The number of anilines is 1. The summed E-state index contributed by atoms with van der Waals surface area (Å²) >= 11 is 0. The molecule has 3 N–H and O–H groups in total. The fraction of sp³-hybridized carbons (Fsp3) is 0.167. The third-order valence-corrected chi connectivity index (χ3v) is 4.45. The van der Waals surface area contributed by atoms with Gasteiger partial charge in [-0.2, -0.15) is 13.2 Å². The lowest BCUT2D eigenvalue weighted by Crippen LogP contribution is -2.16. The van der Waals surface area contributed by atoms with E-state index in [1.165, 1.54) is 23.1 Å². The minimum Gasteiger partial charge on any atom is -0.412 e. The predicted octanol–water partition coefficient (Wildman–Crippen LogP) is 3.11. The number of nitrogens with one attached hydrogen (secondary N) is 1. The summed E-state index contributed by atoms with van der Waals surface area (Å²) in [5, 5.41) is 0.969. The third-order valence-electron chi connectivity index (χ3n) is 3.92. The van der Waals surface area contributed by atoms with Crippen LogP contribution >= 0.6 is 0 Å². The molecule has 1 atom stereocenters. The lowest BCUT2D eigenvalue weighted by molar-refractivity contribution is -0.137. The number of rotatable bonds is 3. The lowest BCUT2D eigenvalue weighted by Gasteiger charge is -2.15. The molecule has 2 aromatic carbocycles. The molecular weight excluding hydrogens is 381 g/mol. The van der Waals surface area contributed by atoms with E-state index in [9.17, 15) is 22.2 Å². The highest BCUT2D eigenvalue weighted by Crippen LogP contribution is 2.36. The first-order chi connectivity index (χ1) is 12.2. The van der Waals surface area contributed by atoms with Crippen molar-refractivity contribution in [3.8, 4) is 11.1 Å². The molecule has 0 spiro atoms. The van der Waals surface area contributed by atoms with Crippen molar-refractivity contribution in [3.05, 3.63) is 64.6 Å². The predicted molar refractivity (Wildman–Crippen MR) is 101 cm³/mol. The van der Waals surface area contributed by atoms with E-state index in [1.54, 1.807) is 31.3 Å². The van der Waals surface area contributed by atoms with Crippen LogP contribution in [0.15, 0.2) is 53.5 Å². The maximum Gasteiger partial charge on any atom is 0.416 e. The highest BCUT2D eigenvalue weighted by atomic mass is 32.2. The van der Waals surface area contributed by atoms with Crippen LogP contribution in [0.25, 0.3) is 21.9 Å². The number of alkyl halides is 3. The number of aromatic nitrogens is 1. The fourth-order valence-electron chi connectivity index (χ4n) is 2.82. The van der Waals surface area contributed by atoms with Crippen LogP contribution < -0.4 is 10.3 Å². The number of benzene rings is 2. The van der Waals surface area contributed by atoms with Gasteiger partial charge in [0.2, 0.25) is 0 Å². The van der Waals surface area contributed by atoms with Crippen LogP contribution in [-0.4, -0.2) is 20.5 Å². The van der Waals surface area contributed by atoms with E-state index in [2.05, 4.69) is 4.72 Å². The summed E-state index contributed by atoms with van der Waals surface area (Å²) in [6, 6.07) is 10.2. The molecule has 0 fully saturated rings. The molecule has 1 heterocycles. The van der Waals surface area contributed by atoms with Gasteiger partial charge in [-0.15, -0.1) is 0 Å². The molecule has 0 saturated heterocycles. The van der Waals surface area contributed by atoms with Gasteiger partial charge in [-0.3, -0.25) is 4.79 Å². The summed E-state index contributed by atoms with van der Waals surface area (Å²) < 4.78 is 55.1. The number of fused-ring (bicyclic) bond motifs is 1. The van der Waals surface area contributed by atoms with E-state index in [0.717, 1.165) is 12.1 Å². The van der Waals surface area contributed by atoms with E-state index >= 15 is 0 Å². The number of hydrogen-bond acceptors (Lipinski definition) is 2. The second-order valence-corrected chi connectivity index (χ2v) is 6.97. The molecule has 3 aromatic rings. The molecule has 0 bridgehead atoms. The average Bonchev–Trinajstić information content (AvgIpc) is 2.56. The average molecular weight is 398 g/mol. The van der Waals surface area contributed by atoms with Crippen molar-refractivity contribution in [1.29, 1.82) is 0 Å². The van der Waals surface area contributed by atoms with E-state index in [-0.39, 0.29) is 22.3 Å². The Morgan fingerprint density at radius 2 is 1.70 bits per heavy atom. The van der Waals surface area contributed by atoms with Gasteiger partial charge in [0.15, 0.2) is 0 Å². The van der Waals surface area contributed by atoms with Crippen molar-refractivity contribution >= 4 is 27.4 Å². The molecule has 0 amide bonds. The number of halogens is 3. The lowest BCUT2D eigenvalue weighted by atomic mass is 9.98. The van der Waals surface area contributed by atoms with Crippen LogP contribution in [0.5, 0.6) is 0 Å². The summed E-state index contributed by atoms with van der Waals surface area (Å²) in [5.74, 6) is 0. The van der Waals surface area contributed by atoms with Crippen LogP contribution in [0.3, 0.4) is 0 Å². The Morgan fingerprint density at radius 1 is 1.07 bits per heavy atom. The number of nitrogens with zero attached hydrogens (tertiary/aromatic N) is 1. The van der Waals surface area contributed by atoms with Gasteiger partial charge in [0.05, 0.1) is 5.56 Å². The molecule has 9 heteroatoms. The Morgan fingerprint density at radius 3 is 2.30 bits per heavy atom. The van der Waals surface area contributed by atoms with Crippen molar-refractivity contribution in [2.75, 3.05) is 11.0 Å². The summed E-state index contributed by atoms with van der Waals surface area (Å²) in [6.07, 6.45) is -1.72. The molecule has 1 unspecified atom stereocenters. The SMILES string of the molecule is Cn1cc(-c2cc(NS(C)=O)cc(C(F)(F)F)c2)c2ccccc2c1=O.O. The number of pyridine rings is 1. The first-order valence-electron chi connectivity index (χ1n) is 7.58. The number of aryl methyl sites for hydroxylation is 1. The van der Waals surface area contributed by atoms with Crippen LogP contribution in [-0.2, 0) is 24.2 Å². The Balaban J connectivity index is 0.00000261. The van der Waals surface area contributed by atoms with E-state index in [0.29, 0.717) is 16.3 Å². The molecule has 0 aliphatic heterocycles. The Kier molecular flexibility index (Phi) is 5.76. The van der Waals surface area contributed by atoms with Gasteiger partial charge in [0.25, 0.3) is 5.56 Å². The molecule has 3 rings (SSSR count). The molecule has 0 aliphatic carbocycles. The summed E-state index contributed by atoms with van der Waals surface area (Å²) in [7, 11) is 0.0238. The highest BCUT2D eigenvalue weighted by molar-refractivity contribution is 7.85. The zero-order chi connectivity index (χ0) is 19.1.